The fourth-order valence-electron chi connectivity index (χ4n) is 3.99. The zero-order valence-electron chi connectivity index (χ0n) is 21.3. The van der Waals surface area contributed by atoms with Crippen LogP contribution in [0.1, 0.15) is 136 Å². The number of hydrogen-bond acceptors (Lipinski definition) is 5. The van der Waals surface area contributed by atoms with Crippen LogP contribution >= 0.6 is 0 Å². The second-order valence-corrected chi connectivity index (χ2v) is 9.24. The molecule has 0 amide bonds. The lowest BCUT2D eigenvalue weighted by atomic mass is 10.0. The highest BCUT2D eigenvalue weighted by Crippen LogP contribution is 2.16. The standard InChI is InChI=1S/C27H52N4O/c1-3-5-7-8-9-10-11-12-13-14-15-16-17-18-19-20-21-22-29-25-24-26(31-27(28)30-25)32-23-6-4-2/h24H,3-23H2,1-2H3,(H3,28,29,30,31). The van der Waals surface area contributed by atoms with E-state index in [1.807, 2.05) is 6.07 Å². The van der Waals surface area contributed by atoms with Crippen LogP contribution in [-0.2, 0) is 0 Å². The molecule has 0 saturated carbocycles. The lowest BCUT2D eigenvalue weighted by Gasteiger charge is -2.09. The maximum absolute atomic E-state index is 5.79. The quantitative estimate of drug-likeness (QED) is 0.165. The number of hydrogen-bond donors (Lipinski definition) is 2. The van der Waals surface area contributed by atoms with Gasteiger partial charge in [-0.2, -0.15) is 9.97 Å². The molecule has 0 atom stereocenters. The largest absolute Gasteiger partial charge is 0.477 e. The molecule has 32 heavy (non-hydrogen) atoms. The van der Waals surface area contributed by atoms with Gasteiger partial charge < -0.3 is 15.8 Å². The number of nitrogens with zero attached hydrogens (tertiary/aromatic N) is 2. The highest BCUT2D eigenvalue weighted by Gasteiger charge is 2.03. The maximum Gasteiger partial charge on any atom is 0.225 e. The molecule has 0 aliphatic rings. The van der Waals surface area contributed by atoms with Gasteiger partial charge in [-0.25, -0.2) is 0 Å². The number of rotatable bonds is 23. The maximum atomic E-state index is 5.79. The van der Waals surface area contributed by atoms with Gasteiger partial charge in [0.15, 0.2) is 0 Å². The van der Waals surface area contributed by atoms with Crippen LogP contribution in [0.15, 0.2) is 6.07 Å². The number of nitrogen functional groups attached to an aromatic ring is 1. The highest BCUT2D eigenvalue weighted by atomic mass is 16.5. The van der Waals surface area contributed by atoms with Crippen molar-refractivity contribution in [3.8, 4) is 5.88 Å². The van der Waals surface area contributed by atoms with Gasteiger partial charge in [0.2, 0.25) is 11.8 Å². The van der Waals surface area contributed by atoms with Crippen LogP contribution in [0.25, 0.3) is 0 Å². The number of nitrogens with two attached hydrogens (primary N) is 1. The summed E-state index contributed by atoms with van der Waals surface area (Å²) in [4.78, 5) is 8.39. The van der Waals surface area contributed by atoms with Crippen molar-refractivity contribution in [1.29, 1.82) is 0 Å². The van der Waals surface area contributed by atoms with Crippen molar-refractivity contribution in [3.63, 3.8) is 0 Å². The molecule has 3 N–H and O–H groups in total. The van der Waals surface area contributed by atoms with Crippen molar-refractivity contribution >= 4 is 11.8 Å². The number of ether oxygens (including phenoxy) is 1. The normalized spacial score (nSPS) is 11.1. The van der Waals surface area contributed by atoms with Crippen LogP contribution in [0.4, 0.5) is 11.8 Å². The van der Waals surface area contributed by atoms with E-state index in [9.17, 15) is 0 Å². The molecule has 0 saturated heterocycles. The van der Waals surface area contributed by atoms with Gasteiger partial charge in [-0.1, -0.05) is 123 Å². The third-order valence-electron chi connectivity index (χ3n) is 6.05. The molecule has 0 spiro atoms. The molecule has 0 aromatic carbocycles. The minimum absolute atomic E-state index is 0.268. The van der Waals surface area contributed by atoms with Crippen LogP contribution < -0.4 is 15.8 Å². The van der Waals surface area contributed by atoms with Crippen molar-refractivity contribution in [2.45, 2.75) is 136 Å². The number of unbranched alkanes of at least 4 members (excludes halogenated alkanes) is 17. The van der Waals surface area contributed by atoms with Crippen LogP contribution in [-0.4, -0.2) is 23.1 Å². The summed E-state index contributed by atoms with van der Waals surface area (Å²) >= 11 is 0. The first-order valence-electron chi connectivity index (χ1n) is 13.8. The number of anilines is 2. The average molecular weight is 449 g/mol. The third kappa shape index (κ3) is 17.1. The van der Waals surface area contributed by atoms with Gasteiger partial charge in [-0.15, -0.1) is 0 Å². The molecule has 0 aliphatic carbocycles. The molecule has 5 heteroatoms. The predicted octanol–water partition coefficient (Wildman–Crippen LogP) is 8.30. The van der Waals surface area contributed by atoms with Gasteiger partial charge in [0.05, 0.1) is 6.61 Å². The highest BCUT2D eigenvalue weighted by molar-refractivity contribution is 5.42. The monoisotopic (exact) mass is 448 g/mol. The lowest BCUT2D eigenvalue weighted by molar-refractivity contribution is 0.298. The molecule has 0 unspecified atom stereocenters. The Kier molecular flexibility index (Phi) is 19.0. The van der Waals surface area contributed by atoms with E-state index in [0.29, 0.717) is 12.5 Å². The Morgan fingerprint density at radius 2 is 1.12 bits per heavy atom. The topological polar surface area (TPSA) is 73.1 Å². The summed E-state index contributed by atoms with van der Waals surface area (Å²) < 4.78 is 5.64. The van der Waals surface area contributed by atoms with Gasteiger partial charge in [0, 0.05) is 12.6 Å². The molecule has 1 heterocycles. The number of nitrogens with one attached hydrogen (secondary N) is 1. The first kappa shape index (κ1) is 28.5. The van der Waals surface area contributed by atoms with Crippen LogP contribution in [0.3, 0.4) is 0 Å². The van der Waals surface area contributed by atoms with Crippen LogP contribution in [0.5, 0.6) is 5.88 Å². The van der Waals surface area contributed by atoms with E-state index in [1.54, 1.807) is 0 Å². The third-order valence-corrected chi connectivity index (χ3v) is 6.05. The average Bonchev–Trinajstić information content (AvgIpc) is 2.78. The second kappa shape index (κ2) is 21.3. The fraction of sp³-hybridized carbons (Fsp3) is 0.852. The molecule has 0 fully saturated rings. The fourth-order valence-corrected chi connectivity index (χ4v) is 3.99. The van der Waals surface area contributed by atoms with Gasteiger partial charge in [0.1, 0.15) is 5.82 Å². The van der Waals surface area contributed by atoms with Crippen molar-refractivity contribution < 1.29 is 4.74 Å². The van der Waals surface area contributed by atoms with E-state index < -0.39 is 0 Å². The Morgan fingerprint density at radius 3 is 1.62 bits per heavy atom. The van der Waals surface area contributed by atoms with Crippen LogP contribution in [0, 0.1) is 0 Å². The minimum atomic E-state index is 0.268. The molecule has 0 bridgehead atoms. The summed E-state index contributed by atoms with van der Waals surface area (Å²) in [7, 11) is 0. The summed E-state index contributed by atoms with van der Waals surface area (Å²) in [6, 6.07) is 1.85. The van der Waals surface area contributed by atoms with E-state index in [2.05, 4.69) is 29.1 Å². The molecule has 5 nitrogen and oxygen atoms in total. The molecule has 0 radical (unpaired) electrons. The molecule has 1 rings (SSSR count). The zero-order valence-corrected chi connectivity index (χ0v) is 21.3. The Labute approximate surface area is 198 Å². The SMILES string of the molecule is CCCCCCCCCCCCCCCCCCCNc1cc(OCCCC)nc(N)n1. The van der Waals surface area contributed by atoms with Crippen molar-refractivity contribution in [3.05, 3.63) is 6.07 Å². The van der Waals surface area contributed by atoms with E-state index in [4.69, 9.17) is 10.5 Å². The van der Waals surface area contributed by atoms with E-state index in [0.717, 1.165) is 31.6 Å². The Morgan fingerprint density at radius 1 is 0.656 bits per heavy atom. The van der Waals surface area contributed by atoms with Crippen LogP contribution in [0.2, 0.25) is 0 Å². The molecule has 186 valence electrons. The number of aromatic nitrogens is 2. The van der Waals surface area contributed by atoms with Gasteiger partial charge in [0.25, 0.3) is 0 Å². The molecule has 1 aromatic heterocycles. The molecular formula is C27H52N4O. The summed E-state index contributed by atoms with van der Waals surface area (Å²) in [6.45, 7) is 6.02. The van der Waals surface area contributed by atoms with Gasteiger partial charge in [-0.05, 0) is 12.8 Å². The minimum Gasteiger partial charge on any atom is -0.477 e. The summed E-state index contributed by atoms with van der Waals surface area (Å²) in [5, 5.41) is 3.36. The Balaban J connectivity index is 1.87. The first-order valence-corrected chi connectivity index (χ1v) is 13.8. The Bertz CT molecular complexity index is 538. The predicted molar refractivity (Wildman–Crippen MR) is 140 cm³/mol. The Hall–Kier alpha value is -1.52. The first-order chi connectivity index (χ1) is 15.8. The molecule has 0 aliphatic heterocycles. The van der Waals surface area contributed by atoms with Crippen molar-refractivity contribution in [2.75, 3.05) is 24.2 Å². The lowest BCUT2D eigenvalue weighted by Crippen LogP contribution is -2.08. The molecule has 1 aromatic rings. The van der Waals surface area contributed by atoms with Crippen molar-refractivity contribution in [2.24, 2.45) is 0 Å². The second-order valence-electron chi connectivity index (χ2n) is 9.24. The summed E-state index contributed by atoms with van der Waals surface area (Å²) in [6.07, 6.45) is 25.9. The zero-order chi connectivity index (χ0) is 23.1. The smallest absolute Gasteiger partial charge is 0.225 e. The van der Waals surface area contributed by atoms with Gasteiger partial charge in [-0.3, -0.25) is 0 Å². The van der Waals surface area contributed by atoms with Gasteiger partial charge >= 0.3 is 0 Å². The van der Waals surface area contributed by atoms with Crippen molar-refractivity contribution in [1.82, 2.24) is 9.97 Å². The van der Waals surface area contributed by atoms with E-state index >= 15 is 0 Å². The summed E-state index contributed by atoms with van der Waals surface area (Å²) in [5.41, 5.74) is 5.79. The van der Waals surface area contributed by atoms with E-state index in [-0.39, 0.29) is 5.95 Å². The van der Waals surface area contributed by atoms with E-state index in [1.165, 1.54) is 103 Å². The summed E-state index contributed by atoms with van der Waals surface area (Å²) in [5.74, 6) is 1.60. The molecular weight excluding hydrogens is 396 g/mol.